The summed E-state index contributed by atoms with van der Waals surface area (Å²) < 4.78 is 5.78. The van der Waals surface area contributed by atoms with E-state index in [-0.39, 0.29) is 5.41 Å². The number of furan rings is 1. The van der Waals surface area contributed by atoms with E-state index in [2.05, 4.69) is 44.3 Å². The van der Waals surface area contributed by atoms with Crippen LogP contribution in [0, 0.1) is 6.92 Å². The normalized spacial score (nSPS) is 13.4. The van der Waals surface area contributed by atoms with E-state index < -0.39 is 0 Å². The predicted molar refractivity (Wildman–Crippen MR) is 88.8 cm³/mol. The molecule has 21 heavy (non-hydrogen) atoms. The van der Waals surface area contributed by atoms with Crippen molar-refractivity contribution in [1.29, 1.82) is 0 Å². The largest absolute Gasteiger partial charge is 0.466 e. The zero-order chi connectivity index (χ0) is 15.5. The van der Waals surface area contributed by atoms with E-state index >= 15 is 0 Å². The van der Waals surface area contributed by atoms with Crippen molar-refractivity contribution < 1.29 is 4.42 Å². The fourth-order valence-corrected chi connectivity index (χ4v) is 2.76. The van der Waals surface area contributed by atoms with E-state index in [9.17, 15) is 0 Å². The summed E-state index contributed by atoms with van der Waals surface area (Å²) in [7, 11) is 0. The van der Waals surface area contributed by atoms with Gasteiger partial charge >= 0.3 is 0 Å². The van der Waals surface area contributed by atoms with Crippen LogP contribution in [-0.2, 0) is 12.0 Å². The van der Waals surface area contributed by atoms with Gasteiger partial charge in [0.25, 0.3) is 0 Å². The van der Waals surface area contributed by atoms with Crippen molar-refractivity contribution in [3.8, 4) is 0 Å². The summed E-state index contributed by atoms with van der Waals surface area (Å²) in [5.74, 6) is 2.03. The molecule has 0 bridgehead atoms. The minimum absolute atomic E-state index is 0.0284. The Morgan fingerprint density at radius 2 is 1.81 bits per heavy atom. The van der Waals surface area contributed by atoms with Crippen LogP contribution in [0.2, 0.25) is 5.02 Å². The van der Waals surface area contributed by atoms with Crippen molar-refractivity contribution in [2.75, 3.05) is 0 Å². The third kappa shape index (κ3) is 4.62. The quantitative estimate of drug-likeness (QED) is 0.804. The monoisotopic (exact) mass is 305 g/mol. The number of rotatable bonds is 6. The third-order valence-corrected chi connectivity index (χ3v) is 4.04. The molecule has 0 unspecified atom stereocenters. The second kappa shape index (κ2) is 6.67. The first-order chi connectivity index (χ1) is 9.87. The van der Waals surface area contributed by atoms with E-state index in [1.165, 1.54) is 5.56 Å². The third-order valence-electron chi connectivity index (χ3n) is 3.79. The van der Waals surface area contributed by atoms with Gasteiger partial charge < -0.3 is 9.73 Å². The van der Waals surface area contributed by atoms with Crippen LogP contribution in [-0.4, -0.2) is 6.04 Å². The van der Waals surface area contributed by atoms with Crippen LogP contribution in [0.1, 0.15) is 44.3 Å². The molecule has 1 heterocycles. The van der Waals surface area contributed by atoms with E-state index in [0.29, 0.717) is 6.04 Å². The number of nitrogens with one attached hydrogen (secondary N) is 1. The number of benzene rings is 1. The maximum atomic E-state index is 5.90. The van der Waals surface area contributed by atoms with Crippen molar-refractivity contribution in [2.45, 2.75) is 52.1 Å². The average Bonchev–Trinajstić information content (AvgIpc) is 2.85. The van der Waals surface area contributed by atoms with E-state index in [1.54, 1.807) is 0 Å². The lowest BCUT2D eigenvalue weighted by Crippen LogP contribution is -2.32. The standard InChI is InChI=1S/C18H24ClNO/c1-13(20-12-15-6-8-16(19)9-7-15)11-18(3,4)17-10-5-14(2)21-17/h5-10,13,20H,11-12H2,1-4H3/t13-/m0/s1. The minimum Gasteiger partial charge on any atom is -0.466 e. The van der Waals surface area contributed by atoms with Crippen molar-refractivity contribution in [3.63, 3.8) is 0 Å². The van der Waals surface area contributed by atoms with Gasteiger partial charge in [0.2, 0.25) is 0 Å². The molecule has 1 aromatic heterocycles. The van der Waals surface area contributed by atoms with Gasteiger partial charge in [0, 0.05) is 23.0 Å². The van der Waals surface area contributed by atoms with Gasteiger partial charge in [-0.05, 0) is 50.1 Å². The Hall–Kier alpha value is -1.25. The zero-order valence-electron chi connectivity index (χ0n) is 13.2. The Bertz CT molecular complexity index is 571. The summed E-state index contributed by atoms with van der Waals surface area (Å²) in [5, 5.41) is 4.35. The second-order valence-electron chi connectivity index (χ2n) is 6.41. The maximum Gasteiger partial charge on any atom is 0.109 e. The maximum absolute atomic E-state index is 5.90. The van der Waals surface area contributed by atoms with Gasteiger partial charge in [0.15, 0.2) is 0 Å². The van der Waals surface area contributed by atoms with Crippen molar-refractivity contribution in [1.82, 2.24) is 5.32 Å². The average molecular weight is 306 g/mol. The van der Waals surface area contributed by atoms with Gasteiger partial charge in [-0.15, -0.1) is 0 Å². The summed E-state index contributed by atoms with van der Waals surface area (Å²) in [6, 6.07) is 12.5. The molecule has 2 aromatic rings. The molecule has 0 saturated carbocycles. The van der Waals surface area contributed by atoms with Gasteiger partial charge in [-0.1, -0.05) is 37.6 Å². The summed E-state index contributed by atoms with van der Waals surface area (Å²) in [4.78, 5) is 0. The summed E-state index contributed by atoms with van der Waals surface area (Å²) in [5.41, 5.74) is 1.28. The first kappa shape index (κ1) is 16.1. The number of aryl methyl sites for hydroxylation is 1. The highest BCUT2D eigenvalue weighted by molar-refractivity contribution is 6.30. The van der Waals surface area contributed by atoms with E-state index in [4.69, 9.17) is 16.0 Å². The molecule has 0 amide bonds. The van der Waals surface area contributed by atoms with Crippen LogP contribution in [0.5, 0.6) is 0 Å². The molecular weight excluding hydrogens is 282 g/mol. The Morgan fingerprint density at radius 1 is 1.14 bits per heavy atom. The van der Waals surface area contributed by atoms with Crippen LogP contribution in [0.25, 0.3) is 0 Å². The highest BCUT2D eigenvalue weighted by Gasteiger charge is 2.26. The molecule has 2 nitrogen and oxygen atoms in total. The molecule has 0 aliphatic heterocycles. The van der Waals surface area contributed by atoms with Gasteiger partial charge in [-0.3, -0.25) is 0 Å². The highest BCUT2D eigenvalue weighted by atomic mass is 35.5. The van der Waals surface area contributed by atoms with Crippen molar-refractivity contribution in [3.05, 3.63) is 58.5 Å². The second-order valence-corrected chi connectivity index (χ2v) is 6.84. The molecule has 0 aliphatic carbocycles. The Morgan fingerprint density at radius 3 is 2.38 bits per heavy atom. The van der Waals surface area contributed by atoms with Gasteiger partial charge in [-0.2, -0.15) is 0 Å². The molecule has 1 aromatic carbocycles. The summed E-state index contributed by atoms with van der Waals surface area (Å²) in [6.45, 7) is 9.51. The molecule has 0 saturated heterocycles. The van der Waals surface area contributed by atoms with Gasteiger partial charge in [0.1, 0.15) is 11.5 Å². The van der Waals surface area contributed by atoms with Crippen molar-refractivity contribution >= 4 is 11.6 Å². The van der Waals surface area contributed by atoms with Crippen LogP contribution in [0.3, 0.4) is 0 Å². The molecule has 1 atom stereocenters. The number of hydrogen-bond donors (Lipinski definition) is 1. The molecule has 0 spiro atoms. The van der Waals surface area contributed by atoms with Crippen LogP contribution >= 0.6 is 11.6 Å². The Balaban J connectivity index is 1.89. The molecule has 1 N–H and O–H groups in total. The molecule has 3 heteroatoms. The van der Waals surface area contributed by atoms with Crippen LogP contribution < -0.4 is 5.32 Å². The lowest BCUT2D eigenvalue weighted by molar-refractivity contribution is 0.319. The molecular formula is C18H24ClNO. The van der Waals surface area contributed by atoms with E-state index in [0.717, 1.165) is 29.5 Å². The van der Waals surface area contributed by atoms with Crippen LogP contribution in [0.15, 0.2) is 40.8 Å². The van der Waals surface area contributed by atoms with Gasteiger partial charge in [-0.25, -0.2) is 0 Å². The van der Waals surface area contributed by atoms with Gasteiger partial charge in [0.05, 0.1) is 0 Å². The fraction of sp³-hybridized carbons (Fsp3) is 0.444. The first-order valence-corrected chi connectivity index (χ1v) is 7.79. The molecule has 0 radical (unpaired) electrons. The number of hydrogen-bond acceptors (Lipinski definition) is 2. The number of halogens is 1. The smallest absolute Gasteiger partial charge is 0.109 e. The Kier molecular flexibility index (Phi) is 5.13. The summed E-state index contributed by atoms with van der Waals surface area (Å²) in [6.07, 6.45) is 1.02. The molecule has 0 fully saturated rings. The zero-order valence-corrected chi connectivity index (χ0v) is 14.0. The van der Waals surface area contributed by atoms with Crippen LogP contribution in [0.4, 0.5) is 0 Å². The predicted octanol–water partition coefficient (Wildman–Crippen LogP) is 5.09. The lowest BCUT2D eigenvalue weighted by atomic mass is 9.83. The molecule has 2 rings (SSSR count). The molecule has 114 valence electrons. The first-order valence-electron chi connectivity index (χ1n) is 7.41. The fourth-order valence-electron chi connectivity index (χ4n) is 2.63. The minimum atomic E-state index is 0.0284. The van der Waals surface area contributed by atoms with E-state index in [1.807, 2.05) is 25.1 Å². The summed E-state index contributed by atoms with van der Waals surface area (Å²) >= 11 is 5.90. The van der Waals surface area contributed by atoms with Crippen molar-refractivity contribution in [2.24, 2.45) is 0 Å². The highest BCUT2D eigenvalue weighted by Crippen LogP contribution is 2.29. The molecule has 0 aliphatic rings. The SMILES string of the molecule is Cc1ccc(C(C)(C)C[C@H](C)NCc2ccc(Cl)cc2)o1. The lowest BCUT2D eigenvalue weighted by Gasteiger charge is -2.26. The topological polar surface area (TPSA) is 25.2 Å². The Labute approximate surface area is 132 Å².